The molecule has 0 aliphatic rings. The fourth-order valence-corrected chi connectivity index (χ4v) is 2.20. The van der Waals surface area contributed by atoms with E-state index in [1.807, 2.05) is 26.0 Å². The Morgan fingerprint density at radius 2 is 1.81 bits per heavy atom. The molecule has 1 aromatic heterocycles. The van der Waals surface area contributed by atoms with Gasteiger partial charge in [0.15, 0.2) is 0 Å². The van der Waals surface area contributed by atoms with Crippen LogP contribution in [0.5, 0.6) is 0 Å². The van der Waals surface area contributed by atoms with Crippen molar-refractivity contribution in [1.82, 2.24) is 4.98 Å². The van der Waals surface area contributed by atoms with Crippen LogP contribution in [0.2, 0.25) is 0 Å². The number of hydrogen-bond acceptors (Lipinski definition) is 3. The number of aryl methyl sites for hydroxylation is 2. The molecule has 0 aliphatic heterocycles. The van der Waals surface area contributed by atoms with Gasteiger partial charge in [0.05, 0.1) is 5.52 Å². The first-order chi connectivity index (χ1) is 7.50. The minimum Gasteiger partial charge on any atom is -0.423 e. The minimum atomic E-state index is -1.51. The van der Waals surface area contributed by atoms with Gasteiger partial charge >= 0.3 is 7.12 Å². The van der Waals surface area contributed by atoms with E-state index in [1.54, 1.807) is 6.07 Å². The minimum absolute atomic E-state index is 0.390. The van der Waals surface area contributed by atoms with Gasteiger partial charge in [-0.1, -0.05) is 18.2 Å². The SMILES string of the molecule is Cc1ccc(C)c2nc(Br)c(B(O)O)cc12. The van der Waals surface area contributed by atoms with Gasteiger partial charge in [-0.15, -0.1) is 0 Å². The summed E-state index contributed by atoms with van der Waals surface area (Å²) in [5.74, 6) is 0. The summed E-state index contributed by atoms with van der Waals surface area (Å²) in [7, 11) is -1.51. The predicted octanol–water partition coefficient (Wildman–Crippen LogP) is 1.29. The van der Waals surface area contributed by atoms with Crippen molar-refractivity contribution in [1.29, 1.82) is 0 Å². The highest BCUT2D eigenvalue weighted by Gasteiger charge is 2.17. The summed E-state index contributed by atoms with van der Waals surface area (Å²) in [5.41, 5.74) is 3.42. The predicted molar refractivity (Wildman–Crippen MR) is 68.7 cm³/mol. The molecule has 82 valence electrons. The second-order valence-electron chi connectivity index (χ2n) is 3.84. The third kappa shape index (κ3) is 1.86. The lowest BCUT2D eigenvalue weighted by Crippen LogP contribution is -2.31. The van der Waals surface area contributed by atoms with Crippen LogP contribution in [-0.2, 0) is 0 Å². The van der Waals surface area contributed by atoms with Crippen molar-refractivity contribution in [3.8, 4) is 0 Å². The molecule has 0 atom stereocenters. The Morgan fingerprint density at radius 1 is 1.19 bits per heavy atom. The van der Waals surface area contributed by atoms with Crippen LogP contribution in [0.25, 0.3) is 10.9 Å². The highest BCUT2D eigenvalue weighted by atomic mass is 79.9. The molecule has 5 heteroatoms. The van der Waals surface area contributed by atoms with Crippen LogP contribution in [0, 0.1) is 13.8 Å². The molecule has 1 heterocycles. The number of aromatic nitrogens is 1. The smallest absolute Gasteiger partial charge is 0.423 e. The molecule has 1 aromatic carbocycles. The summed E-state index contributed by atoms with van der Waals surface area (Å²) in [6.45, 7) is 3.96. The Kier molecular flexibility index (Phi) is 3.01. The van der Waals surface area contributed by atoms with Crippen LogP contribution in [0.4, 0.5) is 0 Å². The zero-order valence-electron chi connectivity index (χ0n) is 9.03. The van der Waals surface area contributed by atoms with E-state index in [9.17, 15) is 10.0 Å². The Hall–Kier alpha value is -0.905. The van der Waals surface area contributed by atoms with Crippen molar-refractivity contribution in [2.45, 2.75) is 13.8 Å². The van der Waals surface area contributed by atoms with Gasteiger partial charge in [0.1, 0.15) is 4.60 Å². The van der Waals surface area contributed by atoms with Crippen LogP contribution in [0.3, 0.4) is 0 Å². The Morgan fingerprint density at radius 3 is 2.44 bits per heavy atom. The summed E-state index contributed by atoms with van der Waals surface area (Å²) in [6.07, 6.45) is 0. The Labute approximate surface area is 102 Å². The van der Waals surface area contributed by atoms with E-state index in [1.165, 1.54) is 0 Å². The molecular weight excluding hydrogens is 269 g/mol. The van der Waals surface area contributed by atoms with E-state index in [-0.39, 0.29) is 0 Å². The van der Waals surface area contributed by atoms with Crippen molar-refractivity contribution in [2.24, 2.45) is 0 Å². The average molecular weight is 280 g/mol. The maximum atomic E-state index is 9.21. The fourth-order valence-electron chi connectivity index (χ4n) is 1.71. The van der Waals surface area contributed by atoms with Gasteiger partial charge in [-0.3, -0.25) is 0 Å². The maximum absolute atomic E-state index is 9.21. The lowest BCUT2D eigenvalue weighted by atomic mass is 9.80. The summed E-state index contributed by atoms with van der Waals surface area (Å²) in [6, 6.07) is 5.77. The molecule has 0 aliphatic carbocycles. The van der Waals surface area contributed by atoms with Crippen molar-refractivity contribution >= 4 is 39.4 Å². The van der Waals surface area contributed by atoms with Gasteiger partial charge < -0.3 is 10.0 Å². The number of hydrogen-bond donors (Lipinski definition) is 2. The van der Waals surface area contributed by atoms with Gasteiger partial charge in [0.25, 0.3) is 0 Å². The van der Waals surface area contributed by atoms with E-state index in [4.69, 9.17) is 0 Å². The van der Waals surface area contributed by atoms with Crippen molar-refractivity contribution in [3.63, 3.8) is 0 Å². The third-order valence-corrected chi connectivity index (χ3v) is 3.30. The normalized spacial score (nSPS) is 10.8. The third-order valence-electron chi connectivity index (χ3n) is 2.66. The Bertz CT molecular complexity index is 557. The molecule has 2 aromatic rings. The van der Waals surface area contributed by atoms with E-state index in [2.05, 4.69) is 20.9 Å². The van der Waals surface area contributed by atoms with Crippen molar-refractivity contribution in [2.75, 3.05) is 0 Å². The molecule has 0 bridgehead atoms. The summed E-state index contributed by atoms with van der Waals surface area (Å²) in [4.78, 5) is 4.35. The molecule has 0 spiro atoms. The second kappa shape index (κ2) is 4.16. The van der Waals surface area contributed by atoms with Crippen LogP contribution in [0.15, 0.2) is 22.8 Å². The average Bonchev–Trinajstić information content (AvgIpc) is 2.23. The van der Waals surface area contributed by atoms with Crippen LogP contribution >= 0.6 is 15.9 Å². The monoisotopic (exact) mass is 279 g/mol. The van der Waals surface area contributed by atoms with E-state index in [0.717, 1.165) is 22.0 Å². The zero-order valence-corrected chi connectivity index (χ0v) is 10.6. The molecule has 0 radical (unpaired) electrons. The van der Waals surface area contributed by atoms with Gasteiger partial charge in [0, 0.05) is 10.8 Å². The first kappa shape index (κ1) is 11.6. The lowest BCUT2D eigenvalue weighted by molar-refractivity contribution is 0.425. The number of rotatable bonds is 1. The largest absolute Gasteiger partial charge is 0.491 e. The second-order valence-corrected chi connectivity index (χ2v) is 4.59. The van der Waals surface area contributed by atoms with Gasteiger partial charge in [-0.05, 0) is 40.9 Å². The molecule has 16 heavy (non-hydrogen) atoms. The molecule has 0 unspecified atom stereocenters. The maximum Gasteiger partial charge on any atom is 0.491 e. The molecule has 2 rings (SSSR count). The standard InChI is InChI=1S/C11H11BBrNO2/c1-6-3-4-7(2)10-8(6)5-9(12(15)16)11(13)14-10/h3-5,15-16H,1-2H3. The summed E-state index contributed by atoms with van der Waals surface area (Å²) < 4.78 is 0.476. The molecule has 0 amide bonds. The molecule has 3 nitrogen and oxygen atoms in total. The highest BCUT2D eigenvalue weighted by Crippen LogP contribution is 2.21. The molecular formula is C11H11BBrNO2. The van der Waals surface area contributed by atoms with Crippen LogP contribution < -0.4 is 5.46 Å². The summed E-state index contributed by atoms with van der Waals surface area (Å²) in [5, 5.41) is 19.4. The molecule has 0 fully saturated rings. The molecule has 0 saturated carbocycles. The Balaban J connectivity index is 2.84. The van der Waals surface area contributed by atoms with Crippen molar-refractivity contribution < 1.29 is 10.0 Å². The van der Waals surface area contributed by atoms with Gasteiger partial charge in [0.2, 0.25) is 0 Å². The van der Waals surface area contributed by atoms with Gasteiger partial charge in [-0.25, -0.2) is 4.98 Å². The molecule has 0 saturated heterocycles. The van der Waals surface area contributed by atoms with Gasteiger partial charge in [-0.2, -0.15) is 0 Å². The number of benzene rings is 1. The van der Waals surface area contributed by atoms with E-state index < -0.39 is 7.12 Å². The molecule has 2 N–H and O–H groups in total. The van der Waals surface area contributed by atoms with E-state index in [0.29, 0.717) is 10.1 Å². The van der Waals surface area contributed by atoms with Crippen LogP contribution in [0.1, 0.15) is 11.1 Å². The number of nitrogens with zero attached hydrogens (tertiary/aromatic N) is 1. The van der Waals surface area contributed by atoms with E-state index >= 15 is 0 Å². The lowest BCUT2D eigenvalue weighted by Gasteiger charge is -2.09. The first-order valence-electron chi connectivity index (χ1n) is 4.93. The fraction of sp³-hybridized carbons (Fsp3) is 0.182. The highest BCUT2D eigenvalue weighted by molar-refractivity contribution is 9.10. The topological polar surface area (TPSA) is 53.4 Å². The number of fused-ring (bicyclic) bond motifs is 1. The van der Waals surface area contributed by atoms with Crippen molar-refractivity contribution in [3.05, 3.63) is 33.9 Å². The van der Waals surface area contributed by atoms with Crippen LogP contribution in [-0.4, -0.2) is 22.2 Å². The summed E-state index contributed by atoms with van der Waals surface area (Å²) >= 11 is 3.25. The first-order valence-corrected chi connectivity index (χ1v) is 5.72. The zero-order chi connectivity index (χ0) is 11.9. The number of halogens is 1. The number of pyridine rings is 1. The quantitative estimate of drug-likeness (QED) is 0.611.